The minimum atomic E-state index is -4.51. The Hall–Kier alpha value is -2.52. The number of alkyl halides is 3. The smallest absolute Gasteiger partial charge is 0.417 e. The number of benzene rings is 1. The van der Waals surface area contributed by atoms with Crippen LogP contribution in [0.4, 0.5) is 13.2 Å². The largest absolute Gasteiger partial charge is 0.481 e. The fourth-order valence-corrected chi connectivity index (χ4v) is 4.90. The number of carboxylic acids is 1. The van der Waals surface area contributed by atoms with Gasteiger partial charge in [0, 0.05) is 35.3 Å². The Kier molecular flexibility index (Phi) is 5.75. The van der Waals surface area contributed by atoms with Crippen LogP contribution in [-0.2, 0) is 17.4 Å². The summed E-state index contributed by atoms with van der Waals surface area (Å²) >= 11 is 1.36. The highest BCUT2D eigenvalue weighted by molar-refractivity contribution is 7.97. The number of pyridine rings is 1. The summed E-state index contributed by atoms with van der Waals surface area (Å²) in [6, 6.07) is 7.42. The molecule has 0 bridgehead atoms. The monoisotopic (exact) mass is 435 g/mol. The lowest BCUT2D eigenvalue weighted by atomic mass is 9.99. The number of aliphatic carboxylic acids is 1. The predicted molar refractivity (Wildman–Crippen MR) is 108 cm³/mol. The van der Waals surface area contributed by atoms with E-state index in [2.05, 4.69) is 9.40 Å². The highest BCUT2D eigenvalue weighted by Crippen LogP contribution is 2.43. The Morgan fingerprint density at radius 1 is 1.17 bits per heavy atom. The van der Waals surface area contributed by atoms with Crippen molar-refractivity contribution < 1.29 is 23.1 Å². The summed E-state index contributed by atoms with van der Waals surface area (Å²) < 4.78 is 45.2. The lowest BCUT2D eigenvalue weighted by Gasteiger charge is -2.27. The van der Waals surface area contributed by atoms with Crippen molar-refractivity contribution in [2.45, 2.75) is 36.8 Å². The molecule has 0 saturated carbocycles. The standard InChI is InChI=1S/C21H20F3N3O2S/c22-21(23,24)16-5-4-6-18(30-26-8-2-1-3-9-26)20(16)14-7-10-27-17(11-14)15(13-25-27)12-19(28)29/h4-7,10-11,13H,1-3,8-9,12H2,(H,28,29). The van der Waals surface area contributed by atoms with Gasteiger partial charge in [0.15, 0.2) is 0 Å². The molecule has 1 saturated heterocycles. The molecule has 1 aliphatic heterocycles. The average molecular weight is 435 g/mol. The fourth-order valence-electron chi connectivity index (χ4n) is 3.72. The number of aromatic nitrogens is 2. The first-order valence-electron chi connectivity index (χ1n) is 9.64. The highest BCUT2D eigenvalue weighted by Gasteiger charge is 2.35. The summed E-state index contributed by atoms with van der Waals surface area (Å²) in [5.74, 6) is -1.02. The molecule has 1 aromatic carbocycles. The van der Waals surface area contributed by atoms with E-state index in [9.17, 15) is 18.0 Å². The van der Waals surface area contributed by atoms with Crippen LogP contribution >= 0.6 is 11.9 Å². The van der Waals surface area contributed by atoms with Gasteiger partial charge in [-0.1, -0.05) is 12.5 Å². The molecule has 30 heavy (non-hydrogen) atoms. The summed E-state index contributed by atoms with van der Waals surface area (Å²) in [5.41, 5.74) is 0.751. The average Bonchev–Trinajstić information content (AvgIpc) is 3.09. The van der Waals surface area contributed by atoms with Crippen molar-refractivity contribution in [3.8, 4) is 11.1 Å². The SMILES string of the molecule is O=C(O)Cc1cnn2ccc(-c3c(SN4CCCCC4)cccc3C(F)(F)F)cc12. The van der Waals surface area contributed by atoms with Gasteiger partial charge in [0.1, 0.15) is 0 Å². The number of carboxylic acid groups (broad SMARTS) is 1. The third kappa shape index (κ3) is 4.32. The third-order valence-electron chi connectivity index (χ3n) is 5.11. The van der Waals surface area contributed by atoms with Crippen LogP contribution in [-0.4, -0.2) is 38.1 Å². The first kappa shape index (κ1) is 20.7. The molecule has 1 aliphatic rings. The number of piperidine rings is 1. The fraction of sp³-hybridized carbons (Fsp3) is 0.333. The molecule has 0 spiro atoms. The van der Waals surface area contributed by atoms with Crippen LogP contribution in [0.15, 0.2) is 47.6 Å². The van der Waals surface area contributed by atoms with Crippen LogP contribution in [0.2, 0.25) is 0 Å². The van der Waals surface area contributed by atoms with Gasteiger partial charge in [-0.2, -0.15) is 18.3 Å². The van der Waals surface area contributed by atoms with Crippen molar-refractivity contribution in [1.82, 2.24) is 13.9 Å². The molecular formula is C21H20F3N3O2S. The number of halogens is 3. The molecule has 3 heterocycles. The molecule has 5 nitrogen and oxygen atoms in total. The summed E-state index contributed by atoms with van der Waals surface area (Å²) in [7, 11) is 0. The van der Waals surface area contributed by atoms with Crippen LogP contribution < -0.4 is 0 Å². The van der Waals surface area contributed by atoms with E-state index in [1.165, 1.54) is 28.7 Å². The van der Waals surface area contributed by atoms with Crippen molar-refractivity contribution in [2.24, 2.45) is 0 Å². The van der Waals surface area contributed by atoms with Crippen molar-refractivity contribution >= 4 is 23.4 Å². The summed E-state index contributed by atoms with van der Waals surface area (Å²) in [5, 5.41) is 13.2. The van der Waals surface area contributed by atoms with Crippen molar-refractivity contribution in [3.05, 3.63) is 53.9 Å². The predicted octanol–water partition coefficient (Wildman–Crippen LogP) is 5.14. The van der Waals surface area contributed by atoms with E-state index in [4.69, 9.17) is 5.11 Å². The molecule has 1 fully saturated rings. The number of carbonyl (C=O) groups is 1. The van der Waals surface area contributed by atoms with E-state index in [0.717, 1.165) is 38.4 Å². The van der Waals surface area contributed by atoms with E-state index in [-0.39, 0.29) is 12.0 Å². The maximum Gasteiger partial charge on any atom is 0.417 e. The Labute approximate surface area is 175 Å². The number of hydrogen-bond donors (Lipinski definition) is 1. The number of fused-ring (bicyclic) bond motifs is 1. The zero-order valence-corrected chi connectivity index (χ0v) is 16.8. The zero-order valence-electron chi connectivity index (χ0n) is 16.0. The molecular weight excluding hydrogens is 415 g/mol. The van der Waals surface area contributed by atoms with Gasteiger partial charge in [0.25, 0.3) is 0 Å². The number of nitrogens with zero attached hydrogens (tertiary/aromatic N) is 3. The minimum Gasteiger partial charge on any atom is -0.481 e. The normalized spacial score (nSPS) is 15.6. The topological polar surface area (TPSA) is 57.8 Å². The van der Waals surface area contributed by atoms with Gasteiger partial charge in [-0.3, -0.25) is 4.79 Å². The van der Waals surface area contributed by atoms with E-state index in [1.807, 2.05) is 0 Å². The molecule has 158 valence electrons. The van der Waals surface area contributed by atoms with Crippen LogP contribution in [0.25, 0.3) is 16.6 Å². The second-order valence-corrected chi connectivity index (χ2v) is 8.38. The van der Waals surface area contributed by atoms with Gasteiger partial charge < -0.3 is 5.11 Å². The second kappa shape index (κ2) is 8.31. The first-order valence-corrected chi connectivity index (χ1v) is 10.4. The molecule has 4 rings (SSSR count). The lowest BCUT2D eigenvalue weighted by molar-refractivity contribution is -0.137. The summed E-state index contributed by atoms with van der Waals surface area (Å²) in [4.78, 5) is 11.7. The van der Waals surface area contributed by atoms with E-state index < -0.39 is 17.7 Å². The van der Waals surface area contributed by atoms with Gasteiger partial charge >= 0.3 is 12.1 Å². The Morgan fingerprint density at radius 2 is 1.93 bits per heavy atom. The van der Waals surface area contributed by atoms with Gasteiger partial charge in [-0.25, -0.2) is 8.82 Å². The first-order chi connectivity index (χ1) is 14.3. The summed E-state index contributed by atoms with van der Waals surface area (Å²) in [6.45, 7) is 1.68. The van der Waals surface area contributed by atoms with Crippen molar-refractivity contribution in [1.29, 1.82) is 0 Å². The quantitative estimate of drug-likeness (QED) is 0.563. The molecule has 0 aliphatic carbocycles. The Balaban J connectivity index is 1.84. The minimum absolute atomic E-state index is 0.116. The Bertz CT molecular complexity index is 1080. The molecule has 9 heteroatoms. The van der Waals surface area contributed by atoms with Gasteiger partial charge in [0.2, 0.25) is 0 Å². The summed E-state index contributed by atoms with van der Waals surface area (Å²) in [6.07, 6.45) is 1.44. The number of rotatable bonds is 5. The second-order valence-electron chi connectivity index (χ2n) is 7.24. The number of hydrogen-bond acceptors (Lipinski definition) is 4. The third-order valence-corrected chi connectivity index (χ3v) is 6.27. The van der Waals surface area contributed by atoms with Crippen LogP contribution in [0.3, 0.4) is 0 Å². The lowest BCUT2D eigenvalue weighted by Crippen LogP contribution is -2.23. The van der Waals surface area contributed by atoms with Crippen LogP contribution in [0.1, 0.15) is 30.4 Å². The van der Waals surface area contributed by atoms with Crippen LogP contribution in [0, 0.1) is 0 Å². The van der Waals surface area contributed by atoms with Crippen molar-refractivity contribution in [3.63, 3.8) is 0 Å². The molecule has 0 unspecified atom stereocenters. The van der Waals surface area contributed by atoms with Gasteiger partial charge in [-0.05, 0) is 54.6 Å². The Morgan fingerprint density at radius 3 is 2.63 bits per heavy atom. The van der Waals surface area contributed by atoms with Gasteiger partial charge in [-0.15, -0.1) is 0 Å². The van der Waals surface area contributed by atoms with Gasteiger partial charge in [0.05, 0.1) is 23.7 Å². The maximum absolute atomic E-state index is 13.9. The highest BCUT2D eigenvalue weighted by atomic mass is 32.2. The van der Waals surface area contributed by atoms with E-state index >= 15 is 0 Å². The molecule has 1 N–H and O–H groups in total. The van der Waals surface area contributed by atoms with E-state index in [1.54, 1.807) is 24.4 Å². The maximum atomic E-state index is 13.9. The van der Waals surface area contributed by atoms with Crippen LogP contribution in [0.5, 0.6) is 0 Å². The molecule has 2 aromatic heterocycles. The van der Waals surface area contributed by atoms with Crippen molar-refractivity contribution in [2.75, 3.05) is 13.1 Å². The molecule has 0 atom stereocenters. The molecule has 0 amide bonds. The molecule has 3 aromatic rings. The molecule has 0 radical (unpaired) electrons. The zero-order chi connectivity index (χ0) is 21.3. The van der Waals surface area contributed by atoms with E-state index in [0.29, 0.717) is 21.5 Å².